The highest BCUT2D eigenvalue weighted by atomic mass is 19.1. The fourth-order valence-corrected chi connectivity index (χ4v) is 3.65. The van der Waals surface area contributed by atoms with Gasteiger partial charge in [0, 0.05) is 30.9 Å². The molecule has 26 heavy (non-hydrogen) atoms. The van der Waals surface area contributed by atoms with Gasteiger partial charge in [0.2, 0.25) is 0 Å². The third-order valence-electron chi connectivity index (χ3n) is 5.11. The van der Waals surface area contributed by atoms with E-state index in [-0.39, 0.29) is 6.04 Å². The molecule has 1 saturated heterocycles. The molecule has 3 heterocycles. The Balaban J connectivity index is 1.85. The third kappa shape index (κ3) is 3.12. The first-order valence-corrected chi connectivity index (χ1v) is 9.01. The van der Waals surface area contributed by atoms with Gasteiger partial charge in [0.15, 0.2) is 5.82 Å². The molecule has 7 heteroatoms. The van der Waals surface area contributed by atoms with Crippen molar-refractivity contribution in [1.29, 1.82) is 0 Å². The maximum absolute atomic E-state index is 14.5. The summed E-state index contributed by atoms with van der Waals surface area (Å²) in [6.07, 6.45) is 0.899. The van der Waals surface area contributed by atoms with E-state index in [9.17, 15) is 4.39 Å². The van der Waals surface area contributed by atoms with E-state index in [4.69, 9.17) is 20.4 Å². The van der Waals surface area contributed by atoms with Crippen molar-refractivity contribution in [3.05, 3.63) is 35.3 Å². The molecule has 2 aliphatic rings. The van der Waals surface area contributed by atoms with E-state index in [2.05, 4.69) is 23.8 Å². The molecular weight excluding hydrogens is 333 g/mol. The lowest BCUT2D eigenvalue weighted by molar-refractivity contribution is 0.0983. The average Bonchev–Trinajstić information content (AvgIpc) is 2.61. The summed E-state index contributed by atoms with van der Waals surface area (Å²) in [5, 5.41) is 0. The molecule has 0 amide bonds. The van der Waals surface area contributed by atoms with Crippen molar-refractivity contribution in [1.82, 2.24) is 14.9 Å². The summed E-state index contributed by atoms with van der Waals surface area (Å²) in [5.74, 6) is 0.949. The van der Waals surface area contributed by atoms with Crippen molar-refractivity contribution in [2.45, 2.75) is 25.9 Å². The fourth-order valence-electron chi connectivity index (χ4n) is 3.65. The second-order valence-corrected chi connectivity index (χ2v) is 7.14. The van der Waals surface area contributed by atoms with Gasteiger partial charge in [-0.3, -0.25) is 0 Å². The second kappa shape index (κ2) is 6.81. The first kappa shape index (κ1) is 17.2. The first-order valence-electron chi connectivity index (χ1n) is 9.01. The number of aromatic nitrogens is 2. The molecule has 138 valence electrons. The summed E-state index contributed by atoms with van der Waals surface area (Å²) >= 11 is 0. The van der Waals surface area contributed by atoms with E-state index in [0.29, 0.717) is 30.3 Å². The molecule has 6 nitrogen and oxygen atoms in total. The predicted molar refractivity (Wildman–Crippen MR) is 99.5 cm³/mol. The lowest BCUT2D eigenvalue weighted by Crippen LogP contribution is -2.45. The number of rotatable bonds is 2. The molecule has 2 N–H and O–H groups in total. The molecule has 2 aromatic rings. The fraction of sp³-hybridized carbons (Fsp3) is 0.474. The molecule has 1 aromatic heterocycles. The van der Waals surface area contributed by atoms with Crippen molar-refractivity contribution in [2.75, 3.05) is 44.0 Å². The number of nitrogens with two attached hydrogens (primary N) is 1. The highest BCUT2D eigenvalue weighted by Crippen LogP contribution is 2.32. The van der Waals surface area contributed by atoms with Crippen LogP contribution in [-0.2, 0) is 17.7 Å². The monoisotopic (exact) mass is 357 g/mol. The van der Waals surface area contributed by atoms with Crippen LogP contribution in [0.2, 0.25) is 0 Å². The normalized spacial score (nSPS) is 20.9. The maximum atomic E-state index is 14.5. The van der Waals surface area contributed by atoms with Crippen LogP contribution in [0.4, 0.5) is 15.9 Å². The van der Waals surface area contributed by atoms with E-state index >= 15 is 0 Å². The minimum absolute atomic E-state index is 0.228. The zero-order chi connectivity index (χ0) is 18.3. The van der Waals surface area contributed by atoms with E-state index < -0.39 is 5.82 Å². The Morgan fingerprint density at radius 2 is 2.12 bits per heavy atom. The van der Waals surface area contributed by atoms with Gasteiger partial charge in [-0.05, 0) is 38.6 Å². The van der Waals surface area contributed by atoms with Crippen LogP contribution in [0, 0.1) is 5.82 Å². The number of nitrogen functional groups attached to an aromatic ring is 1. The number of ether oxygens (including phenoxy) is 1. The summed E-state index contributed by atoms with van der Waals surface area (Å²) in [6.45, 7) is 5.97. The number of likely N-dealkylation sites (N-methyl/N-ethyl adjacent to an activating group) is 1. The van der Waals surface area contributed by atoms with Gasteiger partial charge in [0.05, 0.1) is 30.5 Å². The Hall–Kier alpha value is -2.25. The van der Waals surface area contributed by atoms with Gasteiger partial charge in [-0.25, -0.2) is 14.4 Å². The minimum atomic E-state index is -0.393. The van der Waals surface area contributed by atoms with Gasteiger partial charge in [-0.1, -0.05) is 0 Å². The van der Waals surface area contributed by atoms with Crippen LogP contribution in [0.5, 0.6) is 0 Å². The second-order valence-electron chi connectivity index (χ2n) is 7.14. The molecule has 0 radical (unpaired) electrons. The number of hydrogen-bond donors (Lipinski definition) is 1. The summed E-state index contributed by atoms with van der Waals surface area (Å²) in [7, 11) is 2.07. The standard InChI is InChI=1S/C19H24FN5O/c1-12-11-26-8-7-25(12)19-15-5-6-24(2)10-17(15)22-18(23-19)14-4-3-13(21)9-16(14)20/h3-4,9,12H,5-8,10-11,21H2,1-2H3/t12-/m0/s1. The molecule has 1 fully saturated rings. The Morgan fingerprint density at radius 3 is 2.88 bits per heavy atom. The van der Waals surface area contributed by atoms with Crippen LogP contribution in [0.1, 0.15) is 18.2 Å². The number of fused-ring (bicyclic) bond motifs is 1. The zero-order valence-corrected chi connectivity index (χ0v) is 15.2. The Kier molecular flexibility index (Phi) is 4.50. The first-order chi connectivity index (χ1) is 12.5. The number of nitrogens with zero attached hydrogens (tertiary/aromatic N) is 4. The summed E-state index contributed by atoms with van der Waals surface area (Å²) in [6, 6.07) is 4.89. The highest BCUT2D eigenvalue weighted by molar-refractivity contribution is 5.64. The van der Waals surface area contributed by atoms with Crippen LogP contribution in [0.25, 0.3) is 11.4 Å². The molecule has 0 spiro atoms. The number of hydrogen-bond acceptors (Lipinski definition) is 6. The van der Waals surface area contributed by atoms with Crippen LogP contribution in [0.3, 0.4) is 0 Å². The van der Waals surface area contributed by atoms with E-state index in [1.165, 1.54) is 11.6 Å². The van der Waals surface area contributed by atoms with Crippen molar-refractivity contribution < 1.29 is 9.13 Å². The van der Waals surface area contributed by atoms with Crippen molar-refractivity contribution in [2.24, 2.45) is 0 Å². The van der Waals surface area contributed by atoms with Crippen molar-refractivity contribution in [3.63, 3.8) is 0 Å². The van der Waals surface area contributed by atoms with Gasteiger partial charge in [0.25, 0.3) is 0 Å². The van der Waals surface area contributed by atoms with E-state index in [0.717, 1.165) is 37.6 Å². The van der Waals surface area contributed by atoms with Crippen LogP contribution >= 0.6 is 0 Å². The molecule has 0 saturated carbocycles. The molecule has 2 aliphatic heterocycles. The van der Waals surface area contributed by atoms with Crippen LogP contribution < -0.4 is 10.6 Å². The summed E-state index contributed by atoms with van der Waals surface area (Å²) < 4.78 is 20.1. The maximum Gasteiger partial charge on any atom is 0.164 e. The quantitative estimate of drug-likeness (QED) is 0.830. The summed E-state index contributed by atoms with van der Waals surface area (Å²) in [5.41, 5.74) is 8.63. The molecule has 0 unspecified atom stereocenters. The molecule has 1 atom stereocenters. The Morgan fingerprint density at radius 1 is 1.27 bits per heavy atom. The lowest BCUT2D eigenvalue weighted by atomic mass is 10.0. The lowest BCUT2D eigenvalue weighted by Gasteiger charge is -2.37. The molecule has 4 rings (SSSR count). The smallest absolute Gasteiger partial charge is 0.164 e. The minimum Gasteiger partial charge on any atom is -0.399 e. The number of benzene rings is 1. The highest BCUT2D eigenvalue weighted by Gasteiger charge is 2.28. The SMILES string of the molecule is C[C@H]1COCCN1c1nc(-c2ccc(N)cc2F)nc2c1CCN(C)C2. The third-order valence-corrected chi connectivity index (χ3v) is 5.11. The van der Waals surface area contributed by atoms with Gasteiger partial charge in [0.1, 0.15) is 11.6 Å². The summed E-state index contributed by atoms with van der Waals surface area (Å²) in [4.78, 5) is 14.0. The average molecular weight is 357 g/mol. The zero-order valence-electron chi connectivity index (χ0n) is 15.2. The largest absolute Gasteiger partial charge is 0.399 e. The van der Waals surface area contributed by atoms with Gasteiger partial charge >= 0.3 is 0 Å². The van der Waals surface area contributed by atoms with E-state index in [1.807, 2.05) is 0 Å². The van der Waals surface area contributed by atoms with Crippen LogP contribution in [-0.4, -0.2) is 54.3 Å². The number of anilines is 2. The predicted octanol–water partition coefficient (Wildman–Crippen LogP) is 2.08. The van der Waals surface area contributed by atoms with Gasteiger partial charge < -0.3 is 20.3 Å². The van der Waals surface area contributed by atoms with Gasteiger partial charge in [-0.2, -0.15) is 0 Å². The van der Waals surface area contributed by atoms with Crippen LogP contribution in [0.15, 0.2) is 18.2 Å². The van der Waals surface area contributed by atoms with E-state index in [1.54, 1.807) is 12.1 Å². The molecular formula is C19H24FN5O. The Labute approximate surface area is 152 Å². The number of morpholine rings is 1. The molecule has 1 aromatic carbocycles. The van der Waals surface area contributed by atoms with Crippen molar-refractivity contribution in [3.8, 4) is 11.4 Å². The van der Waals surface area contributed by atoms with Crippen molar-refractivity contribution >= 4 is 11.5 Å². The van der Waals surface area contributed by atoms with Gasteiger partial charge in [-0.15, -0.1) is 0 Å². The Bertz CT molecular complexity index is 828. The number of halogens is 1. The topological polar surface area (TPSA) is 67.5 Å². The molecule has 0 aliphatic carbocycles. The molecule has 0 bridgehead atoms.